The molecule has 1 amide bonds. The monoisotopic (exact) mass is 336 g/mol. The third-order valence-corrected chi connectivity index (χ3v) is 6.80. The van der Waals surface area contributed by atoms with Crippen molar-refractivity contribution in [2.75, 3.05) is 11.4 Å². The van der Waals surface area contributed by atoms with Crippen LogP contribution in [-0.4, -0.2) is 37.3 Å². The molecule has 1 saturated carbocycles. The molecule has 1 aliphatic heterocycles. The molecule has 2 fully saturated rings. The summed E-state index contributed by atoms with van der Waals surface area (Å²) in [6, 6.07) is 5.32. The Morgan fingerprint density at radius 3 is 2.43 bits per heavy atom. The van der Waals surface area contributed by atoms with Crippen LogP contribution in [-0.2, 0) is 14.8 Å². The lowest BCUT2D eigenvalue weighted by atomic mass is 10.2. The van der Waals surface area contributed by atoms with E-state index in [1.165, 1.54) is 0 Å². The molecule has 5 nitrogen and oxygen atoms in total. The van der Waals surface area contributed by atoms with Crippen molar-refractivity contribution in [1.29, 1.82) is 0 Å². The van der Waals surface area contributed by atoms with E-state index in [1.54, 1.807) is 21.3 Å². The molecule has 0 radical (unpaired) electrons. The fourth-order valence-electron chi connectivity index (χ4n) is 3.35. The number of anilines is 1. The van der Waals surface area contributed by atoms with E-state index in [2.05, 4.69) is 0 Å². The average Bonchev–Trinajstić information content (AvgIpc) is 3.17. The van der Waals surface area contributed by atoms with E-state index in [0.29, 0.717) is 23.4 Å². The number of hydrogen-bond donors (Lipinski definition) is 0. The molecule has 1 aromatic rings. The van der Waals surface area contributed by atoms with Gasteiger partial charge in [-0.15, -0.1) is 0 Å². The first kappa shape index (κ1) is 16.5. The van der Waals surface area contributed by atoms with Crippen LogP contribution in [0, 0.1) is 6.92 Å². The standard InChI is InChI=1S/C17H24N2O3S/c1-12(2)19(14-6-7-14)23(21,22)16-9-8-15(11-13(16)3)18-10-4-5-17(18)20/h8-9,11-12,14H,4-7,10H2,1-3H3. The van der Waals surface area contributed by atoms with E-state index in [0.717, 1.165) is 24.9 Å². The predicted molar refractivity (Wildman–Crippen MR) is 89.9 cm³/mol. The fraction of sp³-hybridized carbons (Fsp3) is 0.588. The van der Waals surface area contributed by atoms with Crippen LogP contribution in [0.4, 0.5) is 5.69 Å². The molecule has 1 aliphatic carbocycles. The lowest BCUT2D eigenvalue weighted by molar-refractivity contribution is -0.117. The van der Waals surface area contributed by atoms with Crippen LogP contribution >= 0.6 is 0 Å². The molecule has 0 aromatic heterocycles. The van der Waals surface area contributed by atoms with Crippen molar-refractivity contribution in [3.63, 3.8) is 0 Å². The van der Waals surface area contributed by atoms with Gasteiger partial charge in [0.25, 0.3) is 0 Å². The van der Waals surface area contributed by atoms with Gasteiger partial charge in [0.1, 0.15) is 0 Å². The molecular weight excluding hydrogens is 312 g/mol. The summed E-state index contributed by atoms with van der Waals surface area (Å²) in [6.45, 7) is 6.36. The maximum absolute atomic E-state index is 13.0. The van der Waals surface area contributed by atoms with Crippen molar-refractivity contribution in [3.8, 4) is 0 Å². The Hall–Kier alpha value is -1.40. The van der Waals surface area contributed by atoms with Gasteiger partial charge in [-0.05, 0) is 63.8 Å². The number of benzene rings is 1. The predicted octanol–water partition coefficient (Wildman–Crippen LogP) is 2.68. The van der Waals surface area contributed by atoms with Crippen LogP contribution in [0.1, 0.15) is 45.1 Å². The Morgan fingerprint density at radius 2 is 1.96 bits per heavy atom. The van der Waals surface area contributed by atoms with E-state index in [-0.39, 0.29) is 18.0 Å². The number of aryl methyl sites for hydroxylation is 1. The second kappa shape index (κ2) is 5.91. The second-order valence-corrected chi connectivity index (χ2v) is 8.57. The molecule has 3 rings (SSSR count). The minimum absolute atomic E-state index is 0.0493. The second-order valence-electron chi connectivity index (χ2n) is 6.76. The molecule has 0 N–H and O–H groups in total. The highest BCUT2D eigenvalue weighted by Gasteiger charge is 2.40. The summed E-state index contributed by atoms with van der Waals surface area (Å²) in [5.41, 5.74) is 1.50. The average molecular weight is 336 g/mol. The summed E-state index contributed by atoms with van der Waals surface area (Å²) in [4.78, 5) is 14.0. The summed E-state index contributed by atoms with van der Waals surface area (Å²) in [5, 5.41) is 0. The summed E-state index contributed by atoms with van der Waals surface area (Å²) in [5.74, 6) is 0.113. The topological polar surface area (TPSA) is 57.7 Å². The number of rotatable bonds is 5. The van der Waals surface area contributed by atoms with Crippen LogP contribution in [0.25, 0.3) is 0 Å². The van der Waals surface area contributed by atoms with Gasteiger partial charge in [-0.3, -0.25) is 4.79 Å². The minimum atomic E-state index is -3.49. The van der Waals surface area contributed by atoms with Gasteiger partial charge in [-0.25, -0.2) is 8.42 Å². The van der Waals surface area contributed by atoms with E-state index < -0.39 is 10.0 Å². The van der Waals surface area contributed by atoms with Crippen LogP contribution in [0.3, 0.4) is 0 Å². The third kappa shape index (κ3) is 3.02. The van der Waals surface area contributed by atoms with Crippen molar-refractivity contribution in [2.24, 2.45) is 0 Å². The van der Waals surface area contributed by atoms with Crippen LogP contribution in [0.15, 0.2) is 23.1 Å². The minimum Gasteiger partial charge on any atom is -0.312 e. The largest absolute Gasteiger partial charge is 0.312 e. The molecule has 0 atom stereocenters. The van der Waals surface area contributed by atoms with Gasteiger partial charge in [0.05, 0.1) is 4.90 Å². The smallest absolute Gasteiger partial charge is 0.243 e. The van der Waals surface area contributed by atoms with E-state index in [9.17, 15) is 13.2 Å². The summed E-state index contributed by atoms with van der Waals surface area (Å²) in [6.07, 6.45) is 3.32. The molecular formula is C17H24N2O3S. The molecule has 6 heteroatoms. The van der Waals surface area contributed by atoms with Crippen molar-refractivity contribution in [3.05, 3.63) is 23.8 Å². The molecule has 0 bridgehead atoms. The Bertz CT molecular complexity index is 721. The quantitative estimate of drug-likeness (QED) is 0.831. The van der Waals surface area contributed by atoms with Crippen molar-refractivity contribution >= 4 is 21.6 Å². The highest BCUT2D eigenvalue weighted by molar-refractivity contribution is 7.89. The van der Waals surface area contributed by atoms with Crippen molar-refractivity contribution in [1.82, 2.24) is 4.31 Å². The highest BCUT2D eigenvalue weighted by atomic mass is 32.2. The number of amides is 1. The Morgan fingerprint density at radius 1 is 1.26 bits per heavy atom. The summed E-state index contributed by atoms with van der Waals surface area (Å²) >= 11 is 0. The van der Waals surface area contributed by atoms with Crippen LogP contribution in [0.5, 0.6) is 0 Å². The Kier molecular flexibility index (Phi) is 4.23. The van der Waals surface area contributed by atoms with Crippen molar-refractivity contribution < 1.29 is 13.2 Å². The number of hydrogen-bond acceptors (Lipinski definition) is 3. The van der Waals surface area contributed by atoms with Gasteiger partial charge in [-0.1, -0.05) is 0 Å². The zero-order valence-electron chi connectivity index (χ0n) is 13.9. The van der Waals surface area contributed by atoms with Gasteiger partial charge >= 0.3 is 0 Å². The summed E-state index contributed by atoms with van der Waals surface area (Å²) in [7, 11) is -3.49. The van der Waals surface area contributed by atoms with E-state index in [1.807, 2.05) is 26.8 Å². The maximum Gasteiger partial charge on any atom is 0.243 e. The van der Waals surface area contributed by atoms with E-state index in [4.69, 9.17) is 0 Å². The third-order valence-electron chi connectivity index (χ3n) is 4.51. The first-order chi connectivity index (χ1) is 10.8. The first-order valence-electron chi connectivity index (χ1n) is 8.27. The van der Waals surface area contributed by atoms with Gasteiger partial charge in [0.15, 0.2) is 0 Å². The zero-order chi connectivity index (χ0) is 16.8. The van der Waals surface area contributed by atoms with Gasteiger partial charge in [-0.2, -0.15) is 4.31 Å². The molecule has 23 heavy (non-hydrogen) atoms. The fourth-order valence-corrected chi connectivity index (χ4v) is 5.44. The van der Waals surface area contributed by atoms with Gasteiger partial charge < -0.3 is 4.90 Å². The molecule has 1 heterocycles. The molecule has 1 aromatic carbocycles. The van der Waals surface area contributed by atoms with E-state index >= 15 is 0 Å². The number of carbonyl (C=O) groups is 1. The number of nitrogens with zero attached hydrogens (tertiary/aromatic N) is 2. The normalized spacial score (nSPS) is 19.2. The number of sulfonamides is 1. The first-order valence-corrected chi connectivity index (χ1v) is 9.71. The lowest BCUT2D eigenvalue weighted by Crippen LogP contribution is -2.39. The molecule has 2 aliphatic rings. The maximum atomic E-state index is 13.0. The number of carbonyl (C=O) groups excluding carboxylic acids is 1. The Labute approximate surface area is 138 Å². The molecule has 1 saturated heterocycles. The van der Waals surface area contributed by atoms with Crippen molar-refractivity contribution in [2.45, 2.75) is 63.4 Å². The van der Waals surface area contributed by atoms with Gasteiger partial charge in [0, 0.05) is 30.7 Å². The zero-order valence-corrected chi connectivity index (χ0v) is 14.8. The lowest BCUT2D eigenvalue weighted by Gasteiger charge is -2.27. The molecule has 126 valence electrons. The van der Waals surface area contributed by atoms with Crippen LogP contribution in [0.2, 0.25) is 0 Å². The van der Waals surface area contributed by atoms with Crippen LogP contribution < -0.4 is 4.90 Å². The SMILES string of the molecule is Cc1cc(N2CCCC2=O)ccc1S(=O)(=O)N(C(C)C)C1CC1. The highest BCUT2D eigenvalue weighted by Crippen LogP contribution is 2.35. The Balaban J connectivity index is 1.95. The summed E-state index contributed by atoms with van der Waals surface area (Å²) < 4.78 is 27.7. The molecule has 0 unspecified atom stereocenters. The van der Waals surface area contributed by atoms with Gasteiger partial charge in [0.2, 0.25) is 15.9 Å². The molecule has 0 spiro atoms.